The van der Waals surface area contributed by atoms with Crippen LogP contribution in [0.15, 0.2) is 55.3 Å². The molecule has 3 nitrogen and oxygen atoms in total. The Balaban J connectivity index is 2.27. The molecule has 0 bridgehead atoms. The molecule has 0 saturated carbocycles. The summed E-state index contributed by atoms with van der Waals surface area (Å²) in [5, 5.41) is 0. The van der Waals surface area contributed by atoms with Gasteiger partial charge in [0.1, 0.15) is 0 Å². The van der Waals surface area contributed by atoms with Crippen molar-refractivity contribution in [3.8, 4) is 11.5 Å². The van der Waals surface area contributed by atoms with Gasteiger partial charge in [-0.25, -0.2) is 0 Å². The Morgan fingerprint density at radius 2 is 1.86 bits per heavy atom. The Bertz CT molecular complexity index is 647. The Morgan fingerprint density at radius 1 is 1.05 bits per heavy atom. The molecule has 108 valence electrons. The van der Waals surface area contributed by atoms with Crippen LogP contribution in [0.2, 0.25) is 0 Å². The molecule has 0 amide bonds. The van der Waals surface area contributed by atoms with E-state index < -0.39 is 0 Å². The van der Waals surface area contributed by atoms with Crippen LogP contribution in [0.1, 0.15) is 11.3 Å². The number of rotatable bonds is 6. The van der Waals surface area contributed by atoms with Crippen LogP contribution >= 0.6 is 0 Å². The first kappa shape index (κ1) is 14.9. The minimum absolute atomic E-state index is 0.728. The number of nitrogens with zero attached hydrogens (tertiary/aromatic N) is 1. The third-order valence-corrected chi connectivity index (χ3v) is 3.16. The third-order valence-electron chi connectivity index (χ3n) is 3.16. The van der Waals surface area contributed by atoms with Crippen molar-refractivity contribution in [2.45, 2.75) is 6.54 Å². The van der Waals surface area contributed by atoms with Gasteiger partial charge in [0, 0.05) is 18.2 Å². The summed E-state index contributed by atoms with van der Waals surface area (Å²) in [6, 6.07) is 12.0. The summed E-state index contributed by atoms with van der Waals surface area (Å²) in [6.07, 6.45) is 8.05. The first-order chi connectivity index (χ1) is 10.3. The fraction of sp³-hybridized carbons (Fsp3) is 0.167. The van der Waals surface area contributed by atoms with Gasteiger partial charge in [0.2, 0.25) is 5.69 Å². The molecule has 3 heteroatoms. The second-order valence-corrected chi connectivity index (χ2v) is 4.51. The van der Waals surface area contributed by atoms with Crippen molar-refractivity contribution in [1.82, 2.24) is 0 Å². The van der Waals surface area contributed by atoms with E-state index in [9.17, 15) is 0 Å². The maximum absolute atomic E-state index is 5.31. The molecule has 0 unspecified atom stereocenters. The normalized spacial score (nSPS) is 10.6. The fourth-order valence-electron chi connectivity index (χ4n) is 2.08. The highest BCUT2D eigenvalue weighted by Gasteiger charge is 2.05. The highest BCUT2D eigenvalue weighted by molar-refractivity contribution is 5.68. The van der Waals surface area contributed by atoms with E-state index in [2.05, 4.69) is 29.4 Å². The average Bonchev–Trinajstić information content (AvgIpc) is 2.54. The number of hydrogen-bond acceptors (Lipinski definition) is 2. The Kier molecular flexibility index (Phi) is 5.16. The summed E-state index contributed by atoms with van der Waals surface area (Å²) in [4.78, 5) is 0. The van der Waals surface area contributed by atoms with Gasteiger partial charge in [-0.1, -0.05) is 12.6 Å². The lowest BCUT2D eigenvalue weighted by Gasteiger charge is -2.07. The lowest BCUT2D eigenvalue weighted by atomic mass is 10.1. The van der Waals surface area contributed by atoms with Crippen LogP contribution in [0.25, 0.3) is 12.2 Å². The van der Waals surface area contributed by atoms with Crippen LogP contribution in [0.5, 0.6) is 11.5 Å². The maximum atomic E-state index is 5.31. The van der Waals surface area contributed by atoms with E-state index in [1.807, 2.05) is 42.6 Å². The van der Waals surface area contributed by atoms with Crippen molar-refractivity contribution in [3.05, 3.63) is 66.5 Å². The van der Waals surface area contributed by atoms with Gasteiger partial charge in [-0.15, -0.1) is 0 Å². The van der Waals surface area contributed by atoms with Gasteiger partial charge in [0.15, 0.2) is 24.2 Å². The molecule has 2 aromatic rings. The summed E-state index contributed by atoms with van der Waals surface area (Å²) < 4.78 is 12.7. The summed E-state index contributed by atoms with van der Waals surface area (Å²) in [5.41, 5.74) is 2.17. The SMILES string of the molecule is C=CC[n+]1ccccc1/C=C\c1ccc(OC)c(OC)c1. The minimum atomic E-state index is 0.728. The first-order valence-corrected chi connectivity index (χ1v) is 6.78. The molecule has 1 heterocycles. The molecule has 0 atom stereocenters. The van der Waals surface area contributed by atoms with Crippen molar-refractivity contribution in [2.75, 3.05) is 14.2 Å². The van der Waals surface area contributed by atoms with Crippen LogP contribution in [-0.2, 0) is 6.54 Å². The van der Waals surface area contributed by atoms with E-state index in [-0.39, 0.29) is 0 Å². The highest BCUT2D eigenvalue weighted by atomic mass is 16.5. The molecule has 0 fully saturated rings. The summed E-state index contributed by atoms with van der Waals surface area (Å²) >= 11 is 0. The molecule has 0 radical (unpaired) electrons. The van der Waals surface area contributed by atoms with Crippen LogP contribution in [0, 0.1) is 0 Å². The van der Waals surface area contributed by atoms with E-state index in [1.54, 1.807) is 14.2 Å². The molecule has 21 heavy (non-hydrogen) atoms. The molecule has 0 N–H and O–H groups in total. The van der Waals surface area contributed by atoms with Gasteiger partial charge in [0.05, 0.1) is 14.2 Å². The Hall–Kier alpha value is -2.55. The summed E-state index contributed by atoms with van der Waals surface area (Å²) in [5.74, 6) is 1.46. The van der Waals surface area contributed by atoms with E-state index in [4.69, 9.17) is 9.47 Å². The van der Waals surface area contributed by atoms with Gasteiger partial charge in [-0.2, -0.15) is 4.57 Å². The van der Waals surface area contributed by atoms with E-state index in [0.717, 1.165) is 29.3 Å². The van der Waals surface area contributed by atoms with Gasteiger partial charge in [0.25, 0.3) is 0 Å². The van der Waals surface area contributed by atoms with Crippen LogP contribution in [0.3, 0.4) is 0 Å². The largest absolute Gasteiger partial charge is 0.493 e. The van der Waals surface area contributed by atoms with Crippen molar-refractivity contribution in [1.29, 1.82) is 0 Å². The molecule has 2 rings (SSSR count). The summed E-state index contributed by atoms with van der Waals surface area (Å²) in [6.45, 7) is 4.57. The zero-order valence-electron chi connectivity index (χ0n) is 12.5. The standard InChI is InChI=1S/C18H20NO2/c1-4-12-19-13-6-5-7-16(19)10-8-15-9-11-17(20-2)18(14-15)21-3/h4-11,13-14H,1,12H2,2-3H3/q+1/b10-8-. The van der Waals surface area contributed by atoms with Crippen molar-refractivity contribution in [2.24, 2.45) is 0 Å². The maximum Gasteiger partial charge on any atom is 0.205 e. The molecule has 1 aromatic heterocycles. The number of hydrogen-bond donors (Lipinski definition) is 0. The van der Waals surface area contributed by atoms with Gasteiger partial charge < -0.3 is 9.47 Å². The molecular weight excluding hydrogens is 262 g/mol. The van der Waals surface area contributed by atoms with E-state index in [1.165, 1.54) is 0 Å². The predicted octanol–water partition coefficient (Wildman–Crippen LogP) is 3.35. The second kappa shape index (κ2) is 7.29. The highest BCUT2D eigenvalue weighted by Crippen LogP contribution is 2.28. The molecule has 0 saturated heterocycles. The molecule has 1 aromatic carbocycles. The number of pyridine rings is 1. The van der Waals surface area contributed by atoms with Gasteiger partial charge in [-0.3, -0.25) is 0 Å². The topological polar surface area (TPSA) is 22.3 Å². The number of methoxy groups -OCH3 is 2. The predicted molar refractivity (Wildman–Crippen MR) is 85.3 cm³/mol. The zero-order valence-corrected chi connectivity index (χ0v) is 12.5. The zero-order chi connectivity index (χ0) is 15.1. The number of ether oxygens (including phenoxy) is 2. The Labute approximate surface area is 125 Å². The Morgan fingerprint density at radius 3 is 2.57 bits per heavy atom. The number of aromatic nitrogens is 1. The van der Waals surface area contributed by atoms with Crippen molar-refractivity contribution in [3.63, 3.8) is 0 Å². The quantitative estimate of drug-likeness (QED) is 0.599. The second-order valence-electron chi connectivity index (χ2n) is 4.51. The minimum Gasteiger partial charge on any atom is -0.493 e. The lowest BCUT2D eigenvalue weighted by molar-refractivity contribution is -0.688. The van der Waals surface area contributed by atoms with Crippen LogP contribution < -0.4 is 14.0 Å². The number of allylic oxidation sites excluding steroid dienone is 1. The average molecular weight is 282 g/mol. The third kappa shape index (κ3) is 3.72. The molecule has 0 aliphatic rings. The summed E-state index contributed by atoms with van der Waals surface area (Å²) in [7, 11) is 3.27. The first-order valence-electron chi connectivity index (χ1n) is 6.78. The number of benzene rings is 1. The van der Waals surface area contributed by atoms with E-state index >= 15 is 0 Å². The fourth-order valence-corrected chi connectivity index (χ4v) is 2.08. The molecule has 0 aliphatic heterocycles. The van der Waals surface area contributed by atoms with Gasteiger partial charge >= 0.3 is 0 Å². The monoisotopic (exact) mass is 282 g/mol. The van der Waals surface area contributed by atoms with E-state index in [0.29, 0.717) is 0 Å². The molecule has 0 aliphatic carbocycles. The van der Waals surface area contributed by atoms with Crippen LogP contribution in [0.4, 0.5) is 0 Å². The molecule has 0 spiro atoms. The molecular formula is C18H20NO2+. The van der Waals surface area contributed by atoms with Crippen molar-refractivity contribution < 1.29 is 14.0 Å². The van der Waals surface area contributed by atoms with Crippen LogP contribution in [-0.4, -0.2) is 14.2 Å². The van der Waals surface area contributed by atoms with Gasteiger partial charge in [-0.05, 0) is 35.9 Å². The smallest absolute Gasteiger partial charge is 0.205 e. The van der Waals surface area contributed by atoms with Crippen molar-refractivity contribution >= 4 is 12.2 Å². The lowest BCUT2D eigenvalue weighted by Crippen LogP contribution is -2.35.